The molecular formula is C20H17ClN2O2. The summed E-state index contributed by atoms with van der Waals surface area (Å²) in [6.07, 6.45) is 3.82. The van der Waals surface area contributed by atoms with E-state index in [2.05, 4.69) is 4.98 Å². The van der Waals surface area contributed by atoms with E-state index in [0.717, 1.165) is 21.9 Å². The molecule has 0 aliphatic carbocycles. The van der Waals surface area contributed by atoms with Crippen molar-refractivity contribution in [2.75, 3.05) is 13.1 Å². The van der Waals surface area contributed by atoms with E-state index in [9.17, 15) is 9.90 Å². The fourth-order valence-corrected chi connectivity index (χ4v) is 3.39. The first kappa shape index (κ1) is 16.1. The monoisotopic (exact) mass is 352 g/mol. The van der Waals surface area contributed by atoms with E-state index in [0.29, 0.717) is 30.1 Å². The molecule has 1 unspecified atom stereocenters. The Bertz CT molecular complexity index is 940. The number of hydrogen-bond donors (Lipinski definition) is 1. The normalized spacial score (nSPS) is 17.2. The van der Waals surface area contributed by atoms with Gasteiger partial charge in [0.2, 0.25) is 0 Å². The number of hydrogen-bond acceptors (Lipinski definition) is 3. The summed E-state index contributed by atoms with van der Waals surface area (Å²) < 4.78 is 0. The lowest BCUT2D eigenvalue weighted by Gasteiger charge is -2.16. The number of fused-ring (bicyclic) bond motifs is 1. The van der Waals surface area contributed by atoms with Gasteiger partial charge in [0.15, 0.2) is 0 Å². The highest BCUT2D eigenvalue weighted by Crippen LogP contribution is 2.30. The van der Waals surface area contributed by atoms with Gasteiger partial charge < -0.3 is 10.0 Å². The highest BCUT2D eigenvalue weighted by molar-refractivity contribution is 6.30. The SMILES string of the molecule is O=C(c1ccc2cncc(-c3ccc(Cl)cc3)c2c1)N1CCC(O)C1. The van der Waals surface area contributed by atoms with Gasteiger partial charge in [-0.05, 0) is 41.6 Å². The third-order valence-corrected chi connectivity index (χ3v) is 4.87. The van der Waals surface area contributed by atoms with Gasteiger partial charge in [-0.2, -0.15) is 0 Å². The largest absolute Gasteiger partial charge is 0.391 e. The molecular weight excluding hydrogens is 336 g/mol. The van der Waals surface area contributed by atoms with Crippen molar-refractivity contribution in [3.05, 3.63) is 65.4 Å². The molecule has 2 aromatic carbocycles. The Morgan fingerprint density at radius 1 is 1.16 bits per heavy atom. The number of carbonyl (C=O) groups is 1. The maximum atomic E-state index is 12.7. The van der Waals surface area contributed by atoms with Crippen molar-refractivity contribution >= 4 is 28.3 Å². The lowest BCUT2D eigenvalue weighted by atomic mass is 9.99. The molecule has 1 aromatic heterocycles. The molecule has 126 valence electrons. The molecule has 3 aromatic rings. The van der Waals surface area contributed by atoms with Crippen LogP contribution in [0.15, 0.2) is 54.9 Å². The van der Waals surface area contributed by atoms with Crippen LogP contribution in [-0.2, 0) is 0 Å². The predicted octanol–water partition coefficient (Wildman–Crippen LogP) is 3.76. The molecule has 4 rings (SSSR count). The van der Waals surface area contributed by atoms with E-state index < -0.39 is 6.10 Å². The molecule has 0 spiro atoms. The van der Waals surface area contributed by atoms with Crippen molar-refractivity contribution < 1.29 is 9.90 Å². The summed E-state index contributed by atoms with van der Waals surface area (Å²) in [7, 11) is 0. The van der Waals surface area contributed by atoms with Crippen molar-refractivity contribution in [2.24, 2.45) is 0 Å². The molecule has 25 heavy (non-hydrogen) atoms. The first-order chi connectivity index (χ1) is 12.1. The topological polar surface area (TPSA) is 53.4 Å². The number of carbonyl (C=O) groups excluding carboxylic acids is 1. The molecule has 1 fully saturated rings. The number of aromatic nitrogens is 1. The van der Waals surface area contributed by atoms with Crippen LogP contribution in [0, 0.1) is 0 Å². The molecule has 1 saturated heterocycles. The maximum absolute atomic E-state index is 12.7. The highest BCUT2D eigenvalue weighted by atomic mass is 35.5. The number of pyridine rings is 1. The summed E-state index contributed by atoms with van der Waals surface area (Å²) in [6.45, 7) is 0.996. The molecule has 5 heteroatoms. The Labute approximate surface area is 150 Å². The predicted molar refractivity (Wildman–Crippen MR) is 98.7 cm³/mol. The van der Waals surface area contributed by atoms with Crippen molar-refractivity contribution in [2.45, 2.75) is 12.5 Å². The molecule has 2 heterocycles. The smallest absolute Gasteiger partial charge is 0.253 e. The van der Waals surface area contributed by atoms with Crippen molar-refractivity contribution in [3.63, 3.8) is 0 Å². The van der Waals surface area contributed by atoms with Gasteiger partial charge in [-0.15, -0.1) is 0 Å². The third-order valence-electron chi connectivity index (χ3n) is 4.61. The van der Waals surface area contributed by atoms with E-state index in [-0.39, 0.29) is 5.91 Å². The van der Waals surface area contributed by atoms with E-state index in [4.69, 9.17) is 11.6 Å². The van der Waals surface area contributed by atoms with Gasteiger partial charge >= 0.3 is 0 Å². The molecule has 1 N–H and O–H groups in total. The van der Waals surface area contributed by atoms with E-state index in [1.165, 1.54) is 0 Å². The lowest BCUT2D eigenvalue weighted by molar-refractivity contribution is 0.0765. The number of amides is 1. The Morgan fingerprint density at radius 2 is 1.96 bits per heavy atom. The summed E-state index contributed by atoms with van der Waals surface area (Å²) in [5.41, 5.74) is 2.59. The van der Waals surface area contributed by atoms with Gasteiger partial charge in [0, 0.05) is 47.0 Å². The van der Waals surface area contributed by atoms with Crippen LogP contribution >= 0.6 is 11.6 Å². The van der Waals surface area contributed by atoms with Crippen LogP contribution < -0.4 is 0 Å². The molecule has 0 radical (unpaired) electrons. The number of rotatable bonds is 2. The Morgan fingerprint density at radius 3 is 2.68 bits per heavy atom. The Hall–Kier alpha value is -2.43. The third kappa shape index (κ3) is 3.11. The standard InChI is InChI=1S/C20H17ClN2O2/c21-16-5-3-13(4-6-16)19-11-22-10-15-2-1-14(9-18(15)19)20(25)23-8-7-17(24)12-23/h1-6,9-11,17,24H,7-8,12H2. The molecule has 1 amide bonds. The highest BCUT2D eigenvalue weighted by Gasteiger charge is 2.25. The number of nitrogens with zero attached hydrogens (tertiary/aromatic N) is 2. The minimum atomic E-state index is -0.418. The zero-order valence-electron chi connectivity index (χ0n) is 13.5. The van der Waals surface area contributed by atoms with Gasteiger partial charge in [0.1, 0.15) is 0 Å². The maximum Gasteiger partial charge on any atom is 0.253 e. The van der Waals surface area contributed by atoms with Crippen molar-refractivity contribution in [1.82, 2.24) is 9.88 Å². The first-order valence-corrected chi connectivity index (χ1v) is 8.60. The molecule has 0 bridgehead atoms. The molecule has 1 aliphatic rings. The zero-order chi connectivity index (χ0) is 17.4. The summed E-state index contributed by atoms with van der Waals surface area (Å²) in [5.74, 6) is -0.0441. The Kier molecular flexibility index (Phi) is 4.15. The van der Waals surface area contributed by atoms with Crippen LogP contribution in [0.25, 0.3) is 21.9 Å². The number of halogens is 1. The van der Waals surface area contributed by atoms with E-state index in [1.807, 2.05) is 42.5 Å². The van der Waals surface area contributed by atoms with Crippen LogP contribution in [0.3, 0.4) is 0 Å². The second kappa shape index (κ2) is 6.47. The average Bonchev–Trinajstić information content (AvgIpc) is 3.07. The minimum Gasteiger partial charge on any atom is -0.391 e. The summed E-state index contributed by atoms with van der Waals surface area (Å²) in [5, 5.41) is 12.3. The van der Waals surface area contributed by atoms with Crippen LogP contribution in [-0.4, -0.2) is 40.1 Å². The van der Waals surface area contributed by atoms with Crippen LogP contribution in [0.5, 0.6) is 0 Å². The molecule has 4 nitrogen and oxygen atoms in total. The van der Waals surface area contributed by atoms with Crippen molar-refractivity contribution in [3.8, 4) is 11.1 Å². The minimum absolute atomic E-state index is 0.0441. The summed E-state index contributed by atoms with van der Waals surface area (Å²) in [6, 6.07) is 13.2. The van der Waals surface area contributed by atoms with Crippen molar-refractivity contribution in [1.29, 1.82) is 0 Å². The average molecular weight is 353 g/mol. The fourth-order valence-electron chi connectivity index (χ4n) is 3.27. The first-order valence-electron chi connectivity index (χ1n) is 8.23. The molecule has 1 atom stereocenters. The van der Waals surface area contributed by atoms with Gasteiger partial charge in [0.05, 0.1) is 6.10 Å². The Balaban J connectivity index is 1.78. The number of aliphatic hydroxyl groups is 1. The van der Waals surface area contributed by atoms with Crippen LogP contribution in [0.1, 0.15) is 16.8 Å². The second-order valence-electron chi connectivity index (χ2n) is 6.32. The lowest BCUT2D eigenvalue weighted by Crippen LogP contribution is -2.29. The zero-order valence-corrected chi connectivity index (χ0v) is 14.3. The fraction of sp³-hybridized carbons (Fsp3) is 0.200. The number of aliphatic hydroxyl groups excluding tert-OH is 1. The number of β-amino-alcohol motifs (C(OH)–C–C–N with tert-alkyl or cyclic N) is 1. The van der Waals surface area contributed by atoms with Gasteiger partial charge in [0.25, 0.3) is 5.91 Å². The van der Waals surface area contributed by atoms with Gasteiger partial charge in [-0.25, -0.2) is 0 Å². The van der Waals surface area contributed by atoms with E-state index in [1.54, 1.807) is 17.3 Å². The van der Waals surface area contributed by atoms with Crippen LogP contribution in [0.4, 0.5) is 0 Å². The number of benzene rings is 2. The molecule has 0 saturated carbocycles. The summed E-state index contributed by atoms with van der Waals surface area (Å²) >= 11 is 5.98. The van der Waals surface area contributed by atoms with Gasteiger partial charge in [-0.3, -0.25) is 9.78 Å². The number of likely N-dealkylation sites (tertiary alicyclic amines) is 1. The van der Waals surface area contributed by atoms with Crippen LogP contribution in [0.2, 0.25) is 5.02 Å². The second-order valence-corrected chi connectivity index (χ2v) is 6.76. The van der Waals surface area contributed by atoms with Gasteiger partial charge in [-0.1, -0.05) is 29.8 Å². The van der Waals surface area contributed by atoms with E-state index >= 15 is 0 Å². The quantitative estimate of drug-likeness (QED) is 0.764. The molecule has 1 aliphatic heterocycles. The summed E-state index contributed by atoms with van der Waals surface area (Å²) in [4.78, 5) is 18.7.